The van der Waals surface area contributed by atoms with Crippen LogP contribution in [0.4, 0.5) is 11.4 Å². The fourth-order valence-electron chi connectivity index (χ4n) is 4.30. The number of piperidine rings is 1. The fraction of sp³-hybridized carbons (Fsp3) is 0.450. The van der Waals surface area contributed by atoms with Gasteiger partial charge in [-0.3, -0.25) is 14.4 Å². The van der Waals surface area contributed by atoms with E-state index in [2.05, 4.69) is 4.90 Å². The zero-order valence-corrected chi connectivity index (χ0v) is 14.7. The number of fused-ring (bicyclic) bond motifs is 1. The molecular formula is C20H23N3O3. The highest BCUT2D eigenvalue weighted by atomic mass is 16.2. The number of hydrogen-bond donors (Lipinski definition) is 1. The van der Waals surface area contributed by atoms with E-state index in [-0.39, 0.29) is 23.7 Å². The van der Waals surface area contributed by atoms with E-state index in [0.717, 1.165) is 31.6 Å². The first-order valence-electron chi connectivity index (χ1n) is 9.29. The Morgan fingerprint density at radius 2 is 1.54 bits per heavy atom. The number of allylic oxidation sites excluding steroid dienone is 2. The minimum absolute atomic E-state index is 0.163. The Morgan fingerprint density at radius 1 is 0.923 bits per heavy atom. The Bertz CT molecular complexity index is 769. The Labute approximate surface area is 152 Å². The number of carbonyl (C=O) groups excluding carboxylic acids is 3. The summed E-state index contributed by atoms with van der Waals surface area (Å²) in [6.45, 7) is 1.76. The van der Waals surface area contributed by atoms with E-state index in [0.29, 0.717) is 24.1 Å². The van der Waals surface area contributed by atoms with Gasteiger partial charge in [0.15, 0.2) is 0 Å². The molecule has 0 aromatic heterocycles. The summed E-state index contributed by atoms with van der Waals surface area (Å²) in [6.07, 6.45) is 8.48. The van der Waals surface area contributed by atoms with Gasteiger partial charge in [0.2, 0.25) is 17.7 Å². The topological polar surface area (TPSA) is 83.7 Å². The smallest absolute Gasteiger partial charge is 0.248 e. The number of benzene rings is 1. The molecule has 1 aromatic rings. The van der Waals surface area contributed by atoms with Crippen molar-refractivity contribution in [1.29, 1.82) is 0 Å². The first-order valence-corrected chi connectivity index (χ1v) is 9.29. The van der Waals surface area contributed by atoms with Crippen molar-refractivity contribution in [3.8, 4) is 0 Å². The maximum absolute atomic E-state index is 13.0. The molecule has 6 nitrogen and oxygen atoms in total. The van der Waals surface area contributed by atoms with Gasteiger partial charge in [-0.05, 0) is 50.3 Å². The maximum atomic E-state index is 13.0. The van der Waals surface area contributed by atoms with Gasteiger partial charge < -0.3 is 10.6 Å². The number of anilines is 2. The van der Waals surface area contributed by atoms with E-state index in [9.17, 15) is 14.4 Å². The molecule has 2 aliphatic heterocycles. The highest BCUT2D eigenvalue weighted by Crippen LogP contribution is 2.41. The SMILES string of the molecule is NC(=O)c1ccc(N2CCCCC2)c(N2C(=O)[C@H]3CC=CC[C@H]3C2=O)c1. The highest BCUT2D eigenvalue weighted by molar-refractivity contribution is 6.23. The molecule has 2 fully saturated rings. The molecule has 3 aliphatic rings. The van der Waals surface area contributed by atoms with Gasteiger partial charge in [-0.1, -0.05) is 12.2 Å². The number of carbonyl (C=O) groups is 3. The molecule has 0 bridgehead atoms. The van der Waals surface area contributed by atoms with E-state index in [1.165, 1.54) is 11.3 Å². The number of amides is 3. The van der Waals surface area contributed by atoms with Crippen LogP contribution in [0.1, 0.15) is 42.5 Å². The highest BCUT2D eigenvalue weighted by Gasteiger charge is 2.48. The standard InChI is InChI=1S/C20H23N3O3/c21-18(24)13-8-9-16(22-10-4-1-5-11-22)17(12-13)23-19(25)14-6-2-3-7-15(14)20(23)26/h2-3,8-9,12,14-15H,1,4-7,10-11H2,(H2,21,24)/t14-,15+. The zero-order valence-electron chi connectivity index (χ0n) is 14.7. The zero-order chi connectivity index (χ0) is 18.3. The molecular weight excluding hydrogens is 330 g/mol. The van der Waals surface area contributed by atoms with Gasteiger partial charge in [0.05, 0.1) is 23.2 Å². The van der Waals surface area contributed by atoms with Crippen LogP contribution < -0.4 is 15.5 Å². The predicted octanol–water partition coefficient (Wildman–Crippen LogP) is 2.23. The van der Waals surface area contributed by atoms with Gasteiger partial charge in [-0.2, -0.15) is 0 Å². The first kappa shape index (κ1) is 16.8. The monoisotopic (exact) mass is 353 g/mol. The minimum atomic E-state index is -0.561. The van der Waals surface area contributed by atoms with Crippen LogP contribution in [0.5, 0.6) is 0 Å². The van der Waals surface area contributed by atoms with E-state index in [1.807, 2.05) is 18.2 Å². The number of hydrogen-bond acceptors (Lipinski definition) is 4. The molecule has 2 N–H and O–H groups in total. The Morgan fingerprint density at radius 3 is 2.12 bits per heavy atom. The van der Waals surface area contributed by atoms with Crippen LogP contribution in [-0.4, -0.2) is 30.8 Å². The van der Waals surface area contributed by atoms with Crippen LogP contribution in [0.3, 0.4) is 0 Å². The molecule has 3 amide bonds. The van der Waals surface area contributed by atoms with E-state index >= 15 is 0 Å². The van der Waals surface area contributed by atoms with Crippen molar-refractivity contribution in [2.45, 2.75) is 32.1 Å². The minimum Gasteiger partial charge on any atom is -0.370 e. The third kappa shape index (κ3) is 2.69. The van der Waals surface area contributed by atoms with Gasteiger partial charge in [0, 0.05) is 18.7 Å². The summed E-state index contributed by atoms with van der Waals surface area (Å²) in [5, 5.41) is 0. The number of primary amides is 1. The summed E-state index contributed by atoms with van der Waals surface area (Å²) in [5.74, 6) is -1.47. The van der Waals surface area contributed by atoms with Gasteiger partial charge in [-0.15, -0.1) is 0 Å². The number of rotatable bonds is 3. The molecule has 4 rings (SSSR count). The lowest BCUT2D eigenvalue weighted by atomic mass is 9.85. The quantitative estimate of drug-likeness (QED) is 0.667. The van der Waals surface area contributed by atoms with Crippen LogP contribution in [0.25, 0.3) is 0 Å². The van der Waals surface area contributed by atoms with Crippen molar-refractivity contribution < 1.29 is 14.4 Å². The average Bonchev–Trinajstić information content (AvgIpc) is 2.93. The number of nitrogens with two attached hydrogens (primary N) is 1. The average molecular weight is 353 g/mol. The summed E-state index contributed by atoms with van der Waals surface area (Å²) < 4.78 is 0. The molecule has 136 valence electrons. The maximum Gasteiger partial charge on any atom is 0.248 e. The van der Waals surface area contributed by atoms with Crippen LogP contribution >= 0.6 is 0 Å². The van der Waals surface area contributed by atoms with E-state index in [4.69, 9.17) is 5.73 Å². The molecule has 2 atom stereocenters. The van der Waals surface area contributed by atoms with Gasteiger partial charge in [0.25, 0.3) is 0 Å². The molecule has 26 heavy (non-hydrogen) atoms. The molecule has 0 saturated carbocycles. The molecule has 0 unspecified atom stereocenters. The van der Waals surface area contributed by atoms with Gasteiger partial charge in [0.1, 0.15) is 0 Å². The van der Waals surface area contributed by atoms with Gasteiger partial charge in [-0.25, -0.2) is 4.90 Å². The first-order chi connectivity index (χ1) is 12.6. The Kier molecular flexibility index (Phi) is 4.26. The number of nitrogens with zero attached hydrogens (tertiary/aromatic N) is 2. The lowest BCUT2D eigenvalue weighted by Crippen LogP contribution is -2.35. The summed E-state index contributed by atoms with van der Waals surface area (Å²) in [5.41, 5.74) is 7.10. The lowest BCUT2D eigenvalue weighted by molar-refractivity contribution is -0.122. The summed E-state index contributed by atoms with van der Waals surface area (Å²) in [7, 11) is 0. The molecule has 2 heterocycles. The molecule has 2 saturated heterocycles. The van der Waals surface area contributed by atoms with E-state index < -0.39 is 5.91 Å². The van der Waals surface area contributed by atoms with E-state index in [1.54, 1.807) is 12.1 Å². The third-order valence-corrected chi connectivity index (χ3v) is 5.71. The molecule has 0 spiro atoms. The van der Waals surface area contributed by atoms with Crippen molar-refractivity contribution >= 4 is 29.1 Å². The Hall–Kier alpha value is -2.63. The van der Waals surface area contributed by atoms with Crippen LogP contribution in [0.2, 0.25) is 0 Å². The summed E-state index contributed by atoms with van der Waals surface area (Å²) in [4.78, 5) is 41.2. The molecule has 1 aliphatic carbocycles. The predicted molar refractivity (Wildman–Crippen MR) is 98.9 cm³/mol. The summed E-state index contributed by atoms with van der Waals surface area (Å²) in [6, 6.07) is 5.10. The third-order valence-electron chi connectivity index (χ3n) is 5.71. The van der Waals surface area contributed by atoms with Gasteiger partial charge >= 0.3 is 0 Å². The second-order valence-corrected chi connectivity index (χ2v) is 7.28. The van der Waals surface area contributed by atoms with Crippen molar-refractivity contribution in [3.63, 3.8) is 0 Å². The Balaban J connectivity index is 1.78. The molecule has 1 aromatic carbocycles. The summed E-state index contributed by atoms with van der Waals surface area (Å²) >= 11 is 0. The molecule has 6 heteroatoms. The van der Waals surface area contributed by atoms with Crippen LogP contribution in [-0.2, 0) is 9.59 Å². The van der Waals surface area contributed by atoms with Crippen molar-refractivity contribution in [2.24, 2.45) is 17.6 Å². The fourth-order valence-corrected chi connectivity index (χ4v) is 4.30. The van der Waals surface area contributed by atoms with Crippen molar-refractivity contribution in [1.82, 2.24) is 0 Å². The largest absolute Gasteiger partial charge is 0.370 e. The van der Waals surface area contributed by atoms with Crippen LogP contribution in [0, 0.1) is 11.8 Å². The second-order valence-electron chi connectivity index (χ2n) is 7.28. The molecule has 0 radical (unpaired) electrons. The van der Waals surface area contributed by atoms with Crippen LogP contribution in [0.15, 0.2) is 30.4 Å². The second kappa shape index (κ2) is 6.59. The normalized spacial score (nSPS) is 25.5. The lowest BCUT2D eigenvalue weighted by Gasteiger charge is -2.32. The van der Waals surface area contributed by atoms with Crippen molar-refractivity contribution in [2.75, 3.05) is 22.9 Å². The van der Waals surface area contributed by atoms with Crippen molar-refractivity contribution in [3.05, 3.63) is 35.9 Å². The number of imide groups is 1.